The first-order valence-corrected chi connectivity index (χ1v) is 4.60. The minimum Gasteiger partial charge on any atom is -0.306 e. The van der Waals surface area contributed by atoms with Crippen molar-refractivity contribution in [3.63, 3.8) is 0 Å². The lowest BCUT2D eigenvalue weighted by Gasteiger charge is -1.97. The van der Waals surface area contributed by atoms with Crippen LogP contribution in [0, 0.1) is 0 Å². The standard InChI is InChI=1S/C9H9ClN2O/c10-5-6-12-8-4-2-1-3-7(8)11-9(12)13/h1-4H,5-6H2,(H,11,13). The van der Waals surface area contributed by atoms with Gasteiger partial charge in [-0.3, -0.25) is 4.57 Å². The fourth-order valence-corrected chi connectivity index (χ4v) is 1.58. The number of aromatic nitrogens is 2. The van der Waals surface area contributed by atoms with Gasteiger partial charge in [0.05, 0.1) is 11.0 Å². The molecule has 1 N–H and O–H groups in total. The van der Waals surface area contributed by atoms with Crippen LogP contribution < -0.4 is 5.69 Å². The first-order valence-electron chi connectivity index (χ1n) is 4.06. The minimum absolute atomic E-state index is 0.0955. The van der Waals surface area contributed by atoms with Crippen molar-refractivity contribution in [2.24, 2.45) is 0 Å². The molecule has 1 heterocycles. The molecule has 0 atom stereocenters. The number of aryl methyl sites for hydroxylation is 1. The summed E-state index contributed by atoms with van der Waals surface area (Å²) in [5, 5.41) is 0. The molecule has 0 aliphatic heterocycles. The summed E-state index contributed by atoms with van der Waals surface area (Å²) < 4.78 is 1.64. The largest absolute Gasteiger partial charge is 0.326 e. The smallest absolute Gasteiger partial charge is 0.306 e. The summed E-state index contributed by atoms with van der Waals surface area (Å²) >= 11 is 5.59. The highest BCUT2D eigenvalue weighted by atomic mass is 35.5. The second-order valence-electron chi connectivity index (χ2n) is 2.79. The van der Waals surface area contributed by atoms with Crippen LogP contribution in [0.2, 0.25) is 0 Å². The number of alkyl halides is 1. The zero-order valence-corrected chi connectivity index (χ0v) is 7.71. The highest BCUT2D eigenvalue weighted by Gasteiger charge is 2.03. The molecular formula is C9H9ClN2O. The second-order valence-corrected chi connectivity index (χ2v) is 3.17. The molecule has 0 fully saturated rings. The Morgan fingerprint density at radius 2 is 2.15 bits per heavy atom. The van der Waals surface area contributed by atoms with E-state index in [1.807, 2.05) is 24.3 Å². The summed E-state index contributed by atoms with van der Waals surface area (Å²) in [6, 6.07) is 7.57. The van der Waals surface area contributed by atoms with Gasteiger partial charge in [0.1, 0.15) is 0 Å². The number of rotatable bonds is 2. The first kappa shape index (κ1) is 8.38. The lowest BCUT2D eigenvalue weighted by Crippen LogP contribution is -2.17. The lowest BCUT2D eigenvalue weighted by atomic mass is 10.3. The number of H-pyrrole nitrogens is 1. The number of nitrogens with zero attached hydrogens (tertiary/aromatic N) is 1. The molecule has 4 heteroatoms. The maximum atomic E-state index is 11.4. The Morgan fingerprint density at radius 1 is 1.38 bits per heavy atom. The summed E-state index contributed by atoms with van der Waals surface area (Å²) in [6.07, 6.45) is 0. The van der Waals surface area contributed by atoms with E-state index in [0.717, 1.165) is 11.0 Å². The van der Waals surface area contributed by atoms with E-state index in [9.17, 15) is 4.79 Å². The molecule has 1 aromatic heterocycles. The molecule has 0 saturated heterocycles. The summed E-state index contributed by atoms with van der Waals surface area (Å²) in [7, 11) is 0. The number of hydrogen-bond acceptors (Lipinski definition) is 1. The van der Waals surface area contributed by atoms with Crippen molar-refractivity contribution < 1.29 is 0 Å². The van der Waals surface area contributed by atoms with Gasteiger partial charge in [0, 0.05) is 12.4 Å². The van der Waals surface area contributed by atoms with Crippen LogP contribution >= 0.6 is 11.6 Å². The topological polar surface area (TPSA) is 37.8 Å². The third-order valence-electron chi connectivity index (χ3n) is 1.99. The number of nitrogens with one attached hydrogen (secondary N) is 1. The van der Waals surface area contributed by atoms with Gasteiger partial charge in [-0.2, -0.15) is 0 Å². The molecule has 13 heavy (non-hydrogen) atoms. The third kappa shape index (κ3) is 1.35. The molecule has 0 amide bonds. The van der Waals surface area contributed by atoms with Gasteiger partial charge in [-0.1, -0.05) is 12.1 Å². The Labute approximate surface area is 79.9 Å². The second kappa shape index (κ2) is 3.26. The van der Waals surface area contributed by atoms with Crippen molar-refractivity contribution >= 4 is 22.6 Å². The van der Waals surface area contributed by atoms with Crippen molar-refractivity contribution in [2.75, 3.05) is 5.88 Å². The normalized spacial score (nSPS) is 10.8. The fourth-order valence-electron chi connectivity index (χ4n) is 1.41. The molecular weight excluding hydrogens is 188 g/mol. The molecule has 0 unspecified atom stereocenters. The number of imidazole rings is 1. The van der Waals surface area contributed by atoms with Crippen molar-refractivity contribution in [3.05, 3.63) is 34.7 Å². The molecule has 68 valence electrons. The molecule has 2 rings (SSSR count). The molecule has 1 aromatic carbocycles. The molecule has 2 aromatic rings. The van der Waals surface area contributed by atoms with E-state index in [1.165, 1.54) is 0 Å². The van der Waals surface area contributed by atoms with E-state index in [-0.39, 0.29) is 5.69 Å². The van der Waals surface area contributed by atoms with Gasteiger partial charge in [-0.15, -0.1) is 11.6 Å². The third-order valence-corrected chi connectivity index (χ3v) is 2.16. The summed E-state index contributed by atoms with van der Waals surface area (Å²) in [5.74, 6) is 0.446. The van der Waals surface area contributed by atoms with Crippen molar-refractivity contribution in [3.8, 4) is 0 Å². The SMILES string of the molecule is O=c1[nH]c2ccccc2n1CCCl. The van der Waals surface area contributed by atoms with Crippen LogP contribution in [-0.4, -0.2) is 15.4 Å². The van der Waals surface area contributed by atoms with Crippen molar-refractivity contribution in [1.29, 1.82) is 0 Å². The summed E-state index contributed by atoms with van der Waals surface area (Å²) in [6.45, 7) is 0.546. The number of benzene rings is 1. The monoisotopic (exact) mass is 196 g/mol. The van der Waals surface area contributed by atoms with Crippen LogP contribution in [0.4, 0.5) is 0 Å². The fraction of sp³-hybridized carbons (Fsp3) is 0.222. The van der Waals surface area contributed by atoms with Gasteiger partial charge < -0.3 is 4.98 Å². The van der Waals surface area contributed by atoms with Gasteiger partial charge in [-0.25, -0.2) is 4.79 Å². The molecule has 0 aliphatic carbocycles. The molecule has 3 nitrogen and oxygen atoms in total. The number of aromatic amines is 1. The average Bonchev–Trinajstić information content (AvgIpc) is 2.44. The predicted octanol–water partition coefficient (Wildman–Crippen LogP) is 1.57. The Kier molecular flexibility index (Phi) is 2.10. The van der Waals surface area contributed by atoms with Crippen molar-refractivity contribution in [1.82, 2.24) is 9.55 Å². The van der Waals surface area contributed by atoms with Crippen LogP contribution in [0.1, 0.15) is 0 Å². The van der Waals surface area contributed by atoms with Crippen molar-refractivity contribution in [2.45, 2.75) is 6.54 Å². The van der Waals surface area contributed by atoms with E-state index in [4.69, 9.17) is 11.6 Å². The highest BCUT2D eigenvalue weighted by molar-refractivity contribution is 6.17. The maximum absolute atomic E-state index is 11.4. The van der Waals surface area contributed by atoms with E-state index in [1.54, 1.807) is 4.57 Å². The lowest BCUT2D eigenvalue weighted by molar-refractivity contribution is 0.759. The predicted molar refractivity (Wildman–Crippen MR) is 53.3 cm³/mol. The zero-order chi connectivity index (χ0) is 9.26. The quantitative estimate of drug-likeness (QED) is 0.728. The Morgan fingerprint density at radius 3 is 2.92 bits per heavy atom. The molecule has 0 radical (unpaired) electrons. The van der Waals surface area contributed by atoms with Gasteiger partial charge in [-0.05, 0) is 12.1 Å². The number of halogens is 1. The summed E-state index contributed by atoms with van der Waals surface area (Å²) in [5.41, 5.74) is 1.67. The molecule has 0 spiro atoms. The van der Waals surface area contributed by atoms with Crippen LogP contribution in [0.15, 0.2) is 29.1 Å². The number of hydrogen-bond donors (Lipinski definition) is 1. The van der Waals surface area contributed by atoms with E-state index in [0.29, 0.717) is 12.4 Å². The van der Waals surface area contributed by atoms with Crippen LogP contribution in [-0.2, 0) is 6.54 Å². The van der Waals surface area contributed by atoms with E-state index >= 15 is 0 Å². The average molecular weight is 197 g/mol. The molecule has 0 bridgehead atoms. The number of fused-ring (bicyclic) bond motifs is 1. The van der Waals surface area contributed by atoms with Gasteiger partial charge in [0.25, 0.3) is 0 Å². The maximum Gasteiger partial charge on any atom is 0.326 e. The number of para-hydroxylation sites is 2. The Bertz CT molecular complexity index is 472. The highest BCUT2D eigenvalue weighted by Crippen LogP contribution is 2.08. The summed E-state index contributed by atoms with van der Waals surface area (Å²) in [4.78, 5) is 14.1. The zero-order valence-electron chi connectivity index (χ0n) is 6.96. The Hall–Kier alpha value is -1.22. The van der Waals surface area contributed by atoms with Gasteiger partial charge in [0.15, 0.2) is 0 Å². The van der Waals surface area contributed by atoms with Crippen LogP contribution in [0.3, 0.4) is 0 Å². The van der Waals surface area contributed by atoms with Crippen LogP contribution in [0.25, 0.3) is 11.0 Å². The minimum atomic E-state index is -0.0955. The Balaban J connectivity index is 2.71. The first-order chi connectivity index (χ1) is 6.33. The van der Waals surface area contributed by atoms with E-state index in [2.05, 4.69) is 4.98 Å². The molecule has 0 aliphatic rings. The van der Waals surface area contributed by atoms with Crippen LogP contribution in [0.5, 0.6) is 0 Å². The molecule has 0 saturated carbocycles. The van der Waals surface area contributed by atoms with E-state index < -0.39 is 0 Å². The van der Waals surface area contributed by atoms with Gasteiger partial charge in [0.2, 0.25) is 0 Å². The van der Waals surface area contributed by atoms with Gasteiger partial charge >= 0.3 is 5.69 Å².